The molecule has 0 aromatic carbocycles. The van der Waals surface area contributed by atoms with E-state index in [2.05, 4.69) is 63.2 Å². The third-order valence-electron chi connectivity index (χ3n) is 4.66. The van der Waals surface area contributed by atoms with Gasteiger partial charge < -0.3 is 19.7 Å². The van der Waals surface area contributed by atoms with E-state index in [1.54, 1.807) is 18.8 Å². The molecule has 0 unspecified atom stereocenters. The third kappa shape index (κ3) is 7.44. The van der Waals surface area contributed by atoms with Crippen molar-refractivity contribution in [1.82, 2.24) is 30.6 Å². The van der Waals surface area contributed by atoms with Crippen molar-refractivity contribution in [3.05, 3.63) is 22.8 Å². The molecule has 0 aliphatic heterocycles. The van der Waals surface area contributed by atoms with Crippen LogP contribution in [0.3, 0.4) is 0 Å². The molecular formula is C20H36IN7OS. The number of aromatic nitrogens is 4. The van der Waals surface area contributed by atoms with E-state index >= 15 is 0 Å². The van der Waals surface area contributed by atoms with Crippen molar-refractivity contribution in [2.24, 2.45) is 10.9 Å². The molecule has 170 valence electrons. The van der Waals surface area contributed by atoms with Gasteiger partial charge in [0.05, 0.1) is 5.69 Å². The molecule has 10 heteroatoms. The fourth-order valence-corrected chi connectivity index (χ4v) is 3.71. The Labute approximate surface area is 201 Å². The van der Waals surface area contributed by atoms with Crippen molar-refractivity contribution in [3.8, 4) is 0 Å². The highest BCUT2D eigenvalue weighted by atomic mass is 127. The zero-order valence-electron chi connectivity index (χ0n) is 19.0. The van der Waals surface area contributed by atoms with Crippen molar-refractivity contribution >= 4 is 41.7 Å². The largest absolute Gasteiger partial charge is 0.361 e. The van der Waals surface area contributed by atoms with Gasteiger partial charge in [-0.1, -0.05) is 44.6 Å². The second kappa shape index (κ2) is 13.9. The van der Waals surface area contributed by atoms with E-state index in [1.807, 2.05) is 6.26 Å². The van der Waals surface area contributed by atoms with Crippen LogP contribution in [-0.4, -0.2) is 45.7 Å². The predicted molar refractivity (Wildman–Crippen MR) is 134 cm³/mol. The van der Waals surface area contributed by atoms with Crippen LogP contribution in [0.2, 0.25) is 0 Å². The summed E-state index contributed by atoms with van der Waals surface area (Å²) in [6.45, 7) is 11.0. The number of nitrogens with one attached hydrogen (secondary N) is 2. The van der Waals surface area contributed by atoms with Crippen LogP contribution in [0.4, 0.5) is 0 Å². The fraction of sp³-hybridized carbons (Fsp3) is 0.700. The van der Waals surface area contributed by atoms with Crippen LogP contribution in [0.5, 0.6) is 0 Å². The number of aryl methyl sites for hydroxylation is 3. The molecule has 0 aliphatic carbocycles. The van der Waals surface area contributed by atoms with Gasteiger partial charge in [0.1, 0.15) is 11.6 Å². The van der Waals surface area contributed by atoms with Gasteiger partial charge in [0.2, 0.25) is 0 Å². The molecule has 30 heavy (non-hydrogen) atoms. The van der Waals surface area contributed by atoms with Gasteiger partial charge in [0.25, 0.3) is 0 Å². The van der Waals surface area contributed by atoms with Gasteiger partial charge in [-0.05, 0) is 25.0 Å². The summed E-state index contributed by atoms with van der Waals surface area (Å²) in [4.78, 5) is 4.32. The lowest BCUT2D eigenvalue weighted by Crippen LogP contribution is -2.37. The lowest BCUT2D eigenvalue weighted by molar-refractivity contribution is 0.380. The molecule has 0 saturated heterocycles. The topological polar surface area (TPSA) is 93.2 Å². The molecule has 8 nitrogen and oxygen atoms in total. The maximum absolute atomic E-state index is 5.43. The summed E-state index contributed by atoms with van der Waals surface area (Å²) in [7, 11) is 1.79. The highest BCUT2D eigenvalue weighted by molar-refractivity contribution is 14.0. The van der Waals surface area contributed by atoms with Crippen LogP contribution >= 0.6 is 35.7 Å². The SMILES string of the molecule is CCc1noc(CC)c1CNC(=NC)NCCCc1nnc(SC)n1CC(C)C.I. The summed E-state index contributed by atoms with van der Waals surface area (Å²) in [5.74, 6) is 3.34. The maximum atomic E-state index is 5.43. The number of aliphatic imine (C=N–C) groups is 1. The first-order chi connectivity index (χ1) is 14.0. The van der Waals surface area contributed by atoms with Crippen molar-refractivity contribution in [3.63, 3.8) is 0 Å². The Morgan fingerprint density at radius 3 is 2.57 bits per heavy atom. The first kappa shape index (κ1) is 26.7. The monoisotopic (exact) mass is 549 g/mol. The van der Waals surface area contributed by atoms with Gasteiger partial charge in [-0.3, -0.25) is 4.99 Å². The number of nitrogens with zero attached hydrogens (tertiary/aromatic N) is 5. The molecule has 0 saturated carbocycles. The molecule has 2 heterocycles. The van der Waals surface area contributed by atoms with Gasteiger partial charge >= 0.3 is 0 Å². The van der Waals surface area contributed by atoms with Gasteiger partial charge in [-0.15, -0.1) is 34.2 Å². The summed E-state index contributed by atoms with van der Waals surface area (Å²) in [5.41, 5.74) is 2.16. The predicted octanol–water partition coefficient (Wildman–Crippen LogP) is 3.68. The lowest BCUT2D eigenvalue weighted by Gasteiger charge is -2.13. The molecule has 2 aromatic heterocycles. The van der Waals surface area contributed by atoms with E-state index < -0.39 is 0 Å². The molecule has 2 rings (SSSR count). The Hall–Kier alpha value is -1.30. The quantitative estimate of drug-likeness (QED) is 0.145. The van der Waals surface area contributed by atoms with Crippen LogP contribution in [0.15, 0.2) is 14.7 Å². The van der Waals surface area contributed by atoms with Crippen LogP contribution < -0.4 is 10.6 Å². The minimum absolute atomic E-state index is 0. The third-order valence-corrected chi connectivity index (χ3v) is 5.32. The van der Waals surface area contributed by atoms with Crippen molar-refractivity contribution in [2.75, 3.05) is 19.8 Å². The number of thioether (sulfide) groups is 1. The highest BCUT2D eigenvalue weighted by Crippen LogP contribution is 2.17. The normalized spacial score (nSPS) is 11.6. The molecule has 0 spiro atoms. The van der Waals surface area contributed by atoms with Crippen molar-refractivity contribution < 1.29 is 4.52 Å². The van der Waals surface area contributed by atoms with E-state index in [0.29, 0.717) is 12.5 Å². The molecule has 2 N–H and O–H groups in total. The Morgan fingerprint density at radius 2 is 1.97 bits per heavy atom. The zero-order valence-corrected chi connectivity index (χ0v) is 22.1. The van der Waals surface area contributed by atoms with Gasteiger partial charge in [-0.2, -0.15) is 0 Å². The van der Waals surface area contributed by atoms with E-state index in [4.69, 9.17) is 4.52 Å². The van der Waals surface area contributed by atoms with Gasteiger partial charge in [0.15, 0.2) is 11.1 Å². The summed E-state index contributed by atoms with van der Waals surface area (Å²) in [5, 5.41) is 20.6. The number of hydrogen-bond acceptors (Lipinski definition) is 6. The molecule has 0 atom stereocenters. The maximum Gasteiger partial charge on any atom is 0.191 e. The highest BCUT2D eigenvalue weighted by Gasteiger charge is 2.14. The summed E-state index contributed by atoms with van der Waals surface area (Å²) >= 11 is 1.65. The molecule has 0 radical (unpaired) electrons. The Balaban J connectivity index is 0.00000450. The first-order valence-corrected chi connectivity index (χ1v) is 11.6. The Bertz CT molecular complexity index is 767. The molecule has 0 aliphatic rings. The van der Waals surface area contributed by atoms with Crippen LogP contribution in [0, 0.1) is 5.92 Å². The molecule has 0 bridgehead atoms. The van der Waals surface area contributed by atoms with E-state index in [1.165, 1.54) is 0 Å². The minimum Gasteiger partial charge on any atom is -0.361 e. The second-order valence-electron chi connectivity index (χ2n) is 7.30. The van der Waals surface area contributed by atoms with Crippen molar-refractivity contribution in [1.29, 1.82) is 0 Å². The number of rotatable bonds is 11. The van der Waals surface area contributed by atoms with E-state index in [9.17, 15) is 0 Å². The summed E-state index contributed by atoms with van der Waals surface area (Å²) in [6, 6.07) is 0. The number of guanidine groups is 1. The van der Waals surface area contributed by atoms with E-state index in [0.717, 1.165) is 72.7 Å². The van der Waals surface area contributed by atoms with Crippen LogP contribution in [0.25, 0.3) is 0 Å². The fourth-order valence-electron chi connectivity index (χ4n) is 3.19. The smallest absolute Gasteiger partial charge is 0.191 e. The lowest BCUT2D eigenvalue weighted by atomic mass is 10.1. The molecular weight excluding hydrogens is 513 g/mol. The van der Waals surface area contributed by atoms with Gasteiger partial charge in [-0.25, -0.2) is 0 Å². The standard InChI is InChI=1S/C20H35N7OS.HI/c1-7-16-15(17(8-2)28-26-16)12-23-19(21-5)22-11-9-10-18-24-25-20(29-6)27(18)13-14(3)4;/h14H,7-13H2,1-6H3,(H2,21,22,23);1H. The minimum atomic E-state index is 0. The molecule has 0 fully saturated rings. The number of hydrogen-bond donors (Lipinski definition) is 2. The Kier molecular flexibility index (Phi) is 12.4. The van der Waals surface area contributed by atoms with Crippen molar-refractivity contribution in [2.45, 2.75) is 71.6 Å². The summed E-state index contributed by atoms with van der Waals surface area (Å²) < 4.78 is 7.67. The summed E-state index contributed by atoms with van der Waals surface area (Å²) in [6.07, 6.45) is 5.59. The van der Waals surface area contributed by atoms with E-state index in [-0.39, 0.29) is 24.0 Å². The Morgan fingerprint density at radius 1 is 1.20 bits per heavy atom. The molecule has 2 aromatic rings. The first-order valence-electron chi connectivity index (χ1n) is 10.4. The second-order valence-corrected chi connectivity index (χ2v) is 8.07. The van der Waals surface area contributed by atoms with Crippen LogP contribution in [0.1, 0.15) is 57.0 Å². The average Bonchev–Trinajstić information content (AvgIpc) is 3.30. The molecule has 0 amide bonds. The van der Waals surface area contributed by atoms with Gasteiger partial charge in [0, 0.05) is 45.1 Å². The van der Waals surface area contributed by atoms with Crippen LogP contribution in [-0.2, 0) is 32.4 Å². The average molecular weight is 550 g/mol. The number of halogens is 1. The zero-order chi connectivity index (χ0) is 21.2.